The van der Waals surface area contributed by atoms with Crippen LogP contribution in [0.4, 0.5) is 5.69 Å². The van der Waals surface area contributed by atoms with Gasteiger partial charge >= 0.3 is 0 Å². The lowest BCUT2D eigenvalue weighted by Crippen LogP contribution is -2.39. The molecule has 3 aromatic carbocycles. The zero-order valence-corrected chi connectivity index (χ0v) is 24.5. The summed E-state index contributed by atoms with van der Waals surface area (Å²) in [5, 5.41) is 5.65. The second-order valence-electron chi connectivity index (χ2n) is 8.50. The van der Waals surface area contributed by atoms with Crippen molar-refractivity contribution in [3.63, 3.8) is 0 Å². The zero-order valence-electron chi connectivity index (χ0n) is 20.7. The Bertz CT molecular complexity index is 1670. The van der Waals surface area contributed by atoms with Crippen LogP contribution in [0.5, 0.6) is 0 Å². The predicted octanol–water partition coefficient (Wildman–Crippen LogP) is 7.05. The number of nitrogens with one attached hydrogen (secondary N) is 1. The molecule has 0 aliphatic heterocycles. The third kappa shape index (κ3) is 6.59. The molecule has 1 aromatic heterocycles. The minimum absolute atomic E-state index is 0.0297. The van der Waals surface area contributed by atoms with Crippen LogP contribution in [0, 0.1) is 13.8 Å². The molecule has 4 aromatic rings. The Morgan fingerprint density at radius 3 is 2.31 bits per heavy atom. The molecule has 0 aliphatic rings. The molecule has 0 atom stereocenters. The van der Waals surface area contributed by atoms with Crippen molar-refractivity contribution in [3.8, 4) is 5.69 Å². The zero-order chi connectivity index (χ0) is 28.3. The molecule has 4 rings (SSSR count). The Balaban J connectivity index is 1.56. The molecule has 0 unspecified atom stereocenters. The summed E-state index contributed by atoms with van der Waals surface area (Å²) in [7, 11) is -4.13. The molecule has 1 N–H and O–H groups in total. The van der Waals surface area contributed by atoms with E-state index in [-0.39, 0.29) is 10.6 Å². The Morgan fingerprint density at radius 2 is 1.64 bits per heavy atom. The van der Waals surface area contributed by atoms with Gasteiger partial charge in [-0.05, 0) is 80.6 Å². The van der Waals surface area contributed by atoms with E-state index in [1.807, 2.05) is 30.5 Å². The standard InChI is InChI=1S/C27H22Cl4N4O3S/c1-17-12-19(18(2)35(17)23-8-11-25(30)26(31)14-23)15-32-33-27(36)16-34(22-5-3-4-21(29)13-22)39(37,38)24-9-6-20(28)7-10-24/h3-15H,16H2,1-2H3,(H,33,36)/b32-15-. The molecule has 1 heterocycles. The first-order chi connectivity index (χ1) is 18.5. The number of aryl methyl sites for hydroxylation is 1. The predicted molar refractivity (Wildman–Crippen MR) is 158 cm³/mol. The number of hydrogen-bond donors (Lipinski definition) is 1. The fourth-order valence-electron chi connectivity index (χ4n) is 3.96. The highest BCUT2D eigenvalue weighted by Crippen LogP contribution is 2.28. The number of anilines is 1. The summed E-state index contributed by atoms with van der Waals surface area (Å²) in [5.74, 6) is -0.651. The van der Waals surface area contributed by atoms with Crippen molar-refractivity contribution in [1.82, 2.24) is 9.99 Å². The van der Waals surface area contributed by atoms with Crippen LogP contribution < -0.4 is 9.73 Å². The Hall–Kier alpha value is -3.01. The van der Waals surface area contributed by atoms with Gasteiger partial charge in [0.1, 0.15) is 6.54 Å². The lowest BCUT2D eigenvalue weighted by molar-refractivity contribution is -0.119. The highest BCUT2D eigenvalue weighted by atomic mass is 35.5. The van der Waals surface area contributed by atoms with Gasteiger partial charge in [-0.25, -0.2) is 13.8 Å². The SMILES string of the molecule is Cc1cc(/C=N\NC(=O)CN(c2cccc(Cl)c2)S(=O)(=O)c2ccc(Cl)cc2)c(C)n1-c1ccc(Cl)c(Cl)c1. The lowest BCUT2D eigenvalue weighted by atomic mass is 10.2. The van der Waals surface area contributed by atoms with Crippen LogP contribution >= 0.6 is 46.4 Å². The highest BCUT2D eigenvalue weighted by Gasteiger charge is 2.27. The number of carbonyl (C=O) groups is 1. The summed E-state index contributed by atoms with van der Waals surface area (Å²) in [6.07, 6.45) is 1.49. The first kappa shape index (κ1) is 29.0. The molecular formula is C27H22Cl4N4O3S. The van der Waals surface area contributed by atoms with E-state index >= 15 is 0 Å². The first-order valence-corrected chi connectivity index (χ1v) is 14.4. The topological polar surface area (TPSA) is 83.8 Å². The fourth-order valence-corrected chi connectivity index (χ4v) is 5.98. The Morgan fingerprint density at radius 1 is 0.923 bits per heavy atom. The van der Waals surface area contributed by atoms with Gasteiger partial charge in [0, 0.05) is 32.7 Å². The average molecular weight is 624 g/mol. The maximum Gasteiger partial charge on any atom is 0.264 e. The van der Waals surface area contributed by atoms with Crippen molar-refractivity contribution in [2.45, 2.75) is 18.7 Å². The van der Waals surface area contributed by atoms with Crippen LogP contribution in [0.1, 0.15) is 17.0 Å². The molecule has 0 aliphatic carbocycles. The van der Waals surface area contributed by atoms with Gasteiger partial charge in [0.25, 0.3) is 15.9 Å². The van der Waals surface area contributed by atoms with Crippen LogP contribution in [0.15, 0.2) is 82.8 Å². The van der Waals surface area contributed by atoms with E-state index in [9.17, 15) is 13.2 Å². The van der Waals surface area contributed by atoms with Crippen LogP contribution in [0.2, 0.25) is 20.1 Å². The van der Waals surface area contributed by atoms with Crippen molar-refractivity contribution >= 4 is 74.2 Å². The normalized spacial score (nSPS) is 11.6. The maximum atomic E-state index is 13.5. The van der Waals surface area contributed by atoms with Crippen molar-refractivity contribution in [1.29, 1.82) is 0 Å². The minimum atomic E-state index is -4.13. The largest absolute Gasteiger partial charge is 0.318 e. The van der Waals surface area contributed by atoms with Crippen LogP contribution in [-0.4, -0.2) is 31.7 Å². The monoisotopic (exact) mass is 622 g/mol. The second kappa shape index (κ2) is 12.0. The summed E-state index contributed by atoms with van der Waals surface area (Å²) in [4.78, 5) is 12.8. The molecule has 0 saturated heterocycles. The quantitative estimate of drug-likeness (QED) is 0.169. The van der Waals surface area contributed by atoms with E-state index < -0.39 is 22.5 Å². The number of hydrazone groups is 1. The van der Waals surface area contributed by atoms with Crippen molar-refractivity contribution in [2.75, 3.05) is 10.8 Å². The molecule has 0 spiro atoms. The van der Waals surface area contributed by atoms with Crippen LogP contribution in [0.3, 0.4) is 0 Å². The van der Waals surface area contributed by atoms with E-state index in [1.165, 1.54) is 36.5 Å². The summed E-state index contributed by atoms with van der Waals surface area (Å²) < 4.78 is 29.8. The maximum absolute atomic E-state index is 13.5. The average Bonchev–Trinajstić information content (AvgIpc) is 3.17. The van der Waals surface area contributed by atoms with Gasteiger partial charge in [-0.15, -0.1) is 0 Å². The number of halogens is 4. The van der Waals surface area contributed by atoms with Gasteiger partial charge in [0.15, 0.2) is 0 Å². The van der Waals surface area contributed by atoms with Gasteiger partial charge in [-0.3, -0.25) is 9.10 Å². The third-order valence-electron chi connectivity index (χ3n) is 5.81. The molecule has 39 heavy (non-hydrogen) atoms. The number of aromatic nitrogens is 1. The molecule has 0 radical (unpaired) electrons. The summed E-state index contributed by atoms with van der Waals surface area (Å²) in [6, 6.07) is 19.1. The molecule has 202 valence electrons. The van der Waals surface area contributed by atoms with Crippen molar-refractivity contribution < 1.29 is 13.2 Å². The molecule has 12 heteroatoms. The molecule has 7 nitrogen and oxygen atoms in total. The molecule has 0 saturated carbocycles. The second-order valence-corrected chi connectivity index (χ2v) is 12.0. The highest BCUT2D eigenvalue weighted by molar-refractivity contribution is 7.92. The number of carbonyl (C=O) groups excluding carboxylic acids is 1. The fraction of sp³-hybridized carbons (Fsp3) is 0.111. The van der Waals surface area contributed by atoms with E-state index in [2.05, 4.69) is 10.5 Å². The van der Waals surface area contributed by atoms with Crippen LogP contribution in [0.25, 0.3) is 5.69 Å². The van der Waals surface area contributed by atoms with Gasteiger partial charge in [0.2, 0.25) is 0 Å². The van der Waals surface area contributed by atoms with E-state index in [4.69, 9.17) is 46.4 Å². The molecule has 0 bridgehead atoms. The van der Waals surface area contributed by atoms with E-state index in [0.717, 1.165) is 26.9 Å². The van der Waals surface area contributed by atoms with Gasteiger partial charge in [-0.1, -0.05) is 52.5 Å². The molecule has 0 fully saturated rings. The van der Waals surface area contributed by atoms with E-state index in [0.29, 0.717) is 20.1 Å². The molecular weight excluding hydrogens is 602 g/mol. The number of benzene rings is 3. The summed E-state index contributed by atoms with van der Waals surface area (Å²) >= 11 is 24.3. The van der Waals surface area contributed by atoms with Crippen molar-refractivity contribution in [2.24, 2.45) is 5.10 Å². The van der Waals surface area contributed by atoms with Crippen LogP contribution in [-0.2, 0) is 14.8 Å². The minimum Gasteiger partial charge on any atom is -0.318 e. The lowest BCUT2D eigenvalue weighted by Gasteiger charge is -2.23. The number of nitrogens with zero attached hydrogens (tertiary/aromatic N) is 3. The van der Waals surface area contributed by atoms with Crippen molar-refractivity contribution in [3.05, 3.63) is 110 Å². The number of amides is 1. The Kier molecular flexibility index (Phi) is 8.93. The summed E-state index contributed by atoms with van der Waals surface area (Å²) in [6.45, 7) is 3.29. The first-order valence-electron chi connectivity index (χ1n) is 11.5. The summed E-state index contributed by atoms with van der Waals surface area (Å²) in [5.41, 5.74) is 5.99. The number of hydrogen-bond acceptors (Lipinski definition) is 4. The smallest absolute Gasteiger partial charge is 0.264 e. The third-order valence-corrected chi connectivity index (χ3v) is 8.82. The number of rotatable bonds is 8. The van der Waals surface area contributed by atoms with E-state index in [1.54, 1.807) is 30.3 Å². The van der Waals surface area contributed by atoms with Gasteiger partial charge in [-0.2, -0.15) is 5.10 Å². The molecule has 1 amide bonds. The van der Waals surface area contributed by atoms with Gasteiger partial charge < -0.3 is 4.57 Å². The van der Waals surface area contributed by atoms with Gasteiger partial charge in [0.05, 0.1) is 26.8 Å². The number of sulfonamides is 1. The Labute approximate surface area is 246 Å².